The third-order valence-electron chi connectivity index (χ3n) is 11.7. The van der Waals surface area contributed by atoms with Crippen LogP contribution in [-0.4, -0.2) is 87.7 Å². The number of aromatic nitrogens is 4. The number of rotatable bonds is 13. The first-order valence-electron chi connectivity index (χ1n) is 19.2. The minimum atomic E-state index is -0.632. The molecule has 290 valence electrons. The van der Waals surface area contributed by atoms with E-state index in [1.807, 2.05) is 6.20 Å². The molecule has 4 N–H and O–H groups in total. The summed E-state index contributed by atoms with van der Waals surface area (Å²) in [4.78, 5) is 56.9. The number of aromatic amines is 2. The number of nitrogens with one attached hydrogen (secondary N) is 4. The van der Waals surface area contributed by atoms with Gasteiger partial charge in [0, 0.05) is 23.8 Å². The van der Waals surface area contributed by atoms with Gasteiger partial charge in [0.1, 0.15) is 18.2 Å². The molecule has 3 aliphatic rings. The molecular weight excluding hydrogens is 709 g/mol. The van der Waals surface area contributed by atoms with Gasteiger partial charge in [-0.15, -0.1) is 0 Å². The largest absolute Gasteiger partial charge is 0.453 e. The fraction of sp³-hybridized carbons (Fsp3) is 0.372. The zero-order valence-electron chi connectivity index (χ0n) is 32.1. The molecule has 2 aliphatic carbocycles. The first kappa shape index (κ1) is 36.8. The Labute approximate surface area is 325 Å². The van der Waals surface area contributed by atoms with Gasteiger partial charge in [-0.1, -0.05) is 62.0 Å². The minimum Gasteiger partial charge on any atom is -0.453 e. The summed E-state index contributed by atoms with van der Waals surface area (Å²) in [5.41, 5.74) is 7.11. The zero-order valence-corrected chi connectivity index (χ0v) is 32.1. The molecule has 8 rings (SSSR count). The summed E-state index contributed by atoms with van der Waals surface area (Å²) in [5.74, 6) is 1.93. The summed E-state index contributed by atoms with van der Waals surface area (Å²) < 4.78 is 9.38. The highest BCUT2D eigenvalue weighted by atomic mass is 16.5. The molecule has 0 unspecified atom stereocenters. The maximum Gasteiger partial charge on any atom is 0.407 e. The van der Waals surface area contributed by atoms with Gasteiger partial charge in [0.05, 0.1) is 57.1 Å². The number of carbonyl (C=O) groups is 3. The quantitative estimate of drug-likeness (QED) is 0.0986. The summed E-state index contributed by atoms with van der Waals surface area (Å²) in [7, 11) is 2.64. The number of piperidine rings is 1. The number of hydrogen-bond acceptors (Lipinski definition) is 8. The van der Waals surface area contributed by atoms with E-state index in [1.165, 1.54) is 14.2 Å². The molecule has 0 spiro atoms. The van der Waals surface area contributed by atoms with Crippen molar-refractivity contribution in [1.82, 2.24) is 40.4 Å². The van der Waals surface area contributed by atoms with Gasteiger partial charge in [0.25, 0.3) is 0 Å². The summed E-state index contributed by atoms with van der Waals surface area (Å²) in [6.07, 6.45) is 8.15. The Bertz CT molecular complexity index is 2270. The van der Waals surface area contributed by atoms with E-state index < -0.39 is 12.2 Å². The van der Waals surface area contributed by atoms with Crippen molar-refractivity contribution in [3.05, 3.63) is 97.0 Å². The molecule has 3 aromatic carbocycles. The number of likely N-dealkylation sites (tertiary alicyclic amines) is 1. The number of nitrogens with zero attached hydrogens (tertiary/aromatic N) is 4. The van der Waals surface area contributed by atoms with Crippen molar-refractivity contribution in [3.8, 4) is 33.6 Å². The van der Waals surface area contributed by atoms with Gasteiger partial charge in [-0.2, -0.15) is 0 Å². The average Bonchev–Trinajstić information content (AvgIpc) is 3.77. The zero-order chi connectivity index (χ0) is 39.0. The third-order valence-corrected chi connectivity index (χ3v) is 11.7. The molecule has 56 heavy (non-hydrogen) atoms. The van der Waals surface area contributed by atoms with E-state index in [0.29, 0.717) is 37.4 Å². The van der Waals surface area contributed by atoms with Crippen molar-refractivity contribution in [2.75, 3.05) is 33.9 Å². The predicted molar refractivity (Wildman–Crippen MR) is 213 cm³/mol. The van der Waals surface area contributed by atoms with Crippen LogP contribution in [0.5, 0.6) is 0 Å². The Morgan fingerprint density at radius 3 is 2.18 bits per heavy atom. The molecular formula is C43H48N8O5. The molecule has 1 aliphatic heterocycles. The number of ether oxygens (including phenoxy) is 2. The van der Waals surface area contributed by atoms with Gasteiger partial charge in [0.15, 0.2) is 0 Å². The first-order valence-corrected chi connectivity index (χ1v) is 19.2. The highest BCUT2D eigenvalue weighted by Gasteiger charge is 2.48. The summed E-state index contributed by atoms with van der Waals surface area (Å²) in [5, 5.41) is 7.50. The van der Waals surface area contributed by atoms with Crippen molar-refractivity contribution in [2.24, 2.45) is 11.3 Å². The van der Waals surface area contributed by atoms with Gasteiger partial charge in [-0.3, -0.25) is 4.79 Å². The topological polar surface area (TPSA) is 158 Å². The lowest BCUT2D eigenvalue weighted by atomic mass is 9.97. The first-order chi connectivity index (χ1) is 27.1. The molecule has 3 fully saturated rings. The molecule has 3 heterocycles. The van der Waals surface area contributed by atoms with Crippen LogP contribution in [0.3, 0.4) is 0 Å². The van der Waals surface area contributed by atoms with Crippen molar-refractivity contribution in [1.29, 1.82) is 0 Å². The Balaban J connectivity index is 0.932. The second kappa shape index (κ2) is 15.2. The number of fused-ring (bicyclic) bond motifs is 3. The van der Waals surface area contributed by atoms with Crippen LogP contribution in [0, 0.1) is 11.3 Å². The number of carbonyl (C=O) groups excluding carboxylic acids is 3. The molecule has 5 aromatic rings. The van der Waals surface area contributed by atoms with Crippen LogP contribution in [0.1, 0.15) is 56.7 Å². The highest BCUT2D eigenvalue weighted by molar-refractivity contribution is 5.90. The van der Waals surface area contributed by atoms with Gasteiger partial charge >= 0.3 is 12.2 Å². The summed E-state index contributed by atoms with van der Waals surface area (Å²) >= 11 is 0. The number of H-pyrrole nitrogens is 2. The number of imidazole rings is 2. The Morgan fingerprint density at radius 2 is 1.46 bits per heavy atom. The summed E-state index contributed by atoms with van der Waals surface area (Å²) in [6.45, 7) is 7.61. The molecule has 2 saturated carbocycles. The minimum absolute atomic E-state index is 0.0989. The van der Waals surface area contributed by atoms with E-state index in [9.17, 15) is 14.4 Å². The smallest absolute Gasteiger partial charge is 0.407 e. The molecule has 2 bridgehead atoms. The summed E-state index contributed by atoms with van der Waals surface area (Å²) in [6, 6.07) is 21.9. The normalized spacial score (nSPS) is 19.1. The number of hydrogen-bond donors (Lipinski definition) is 4. The Hall–Kier alpha value is -6.11. The van der Waals surface area contributed by atoms with E-state index in [0.717, 1.165) is 88.0 Å². The van der Waals surface area contributed by atoms with Crippen LogP contribution in [0.25, 0.3) is 44.4 Å². The van der Waals surface area contributed by atoms with Gasteiger partial charge in [-0.25, -0.2) is 19.6 Å². The Kier molecular flexibility index (Phi) is 10.0. The number of alkyl carbamates (subject to hydrolysis) is 2. The maximum atomic E-state index is 13.0. The lowest BCUT2D eigenvalue weighted by molar-refractivity contribution is -0.131. The fourth-order valence-corrected chi connectivity index (χ4v) is 8.37. The lowest BCUT2D eigenvalue weighted by Crippen LogP contribution is -2.42. The molecule has 13 heteroatoms. The second-order valence-corrected chi connectivity index (χ2v) is 15.7. The van der Waals surface area contributed by atoms with E-state index in [4.69, 9.17) is 9.72 Å². The molecule has 1 saturated heterocycles. The van der Waals surface area contributed by atoms with Crippen molar-refractivity contribution in [2.45, 2.75) is 57.7 Å². The Morgan fingerprint density at radius 1 is 0.839 bits per heavy atom. The van der Waals surface area contributed by atoms with Gasteiger partial charge < -0.3 is 39.9 Å². The monoisotopic (exact) mass is 756 g/mol. The SMILES string of the molecule is C=C(CNC(=O)OC)N1[C@@H]2CC[C@@H](C2)[C@H]1c1ncc(-c2ccc(-c3ccc4cc(-c5cnc(CN(CC6(C)CC6)C(=O)CNC(=O)OC)[nH]5)ccc4c3)cc2)[nH]1. The lowest BCUT2D eigenvalue weighted by Gasteiger charge is -2.37. The van der Waals surface area contributed by atoms with Gasteiger partial charge in [-0.05, 0) is 83.0 Å². The molecule has 3 amide bonds. The molecule has 3 atom stereocenters. The van der Waals surface area contributed by atoms with E-state index >= 15 is 0 Å². The molecule has 0 radical (unpaired) electrons. The van der Waals surface area contributed by atoms with Crippen molar-refractivity contribution in [3.63, 3.8) is 0 Å². The van der Waals surface area contributed by atoms with Crippen LogP contribution in [0.15, 0.2) is 85.3 Å². The molecule has 2 aromatic heterocycles. The second-order valence-electron chi connectivity index (χ2n) is 15.7. The number of benzene rings is 3. The standard InChI is InChI=1S/C43H48N8O5/c1-26(20-46-41(53)55-3)51-34-14-13-33(19-34)39(51)40-45-22-35(49-40)28-7-5-27(6-8-28)29-9-10-31-18-32(12-11-30(31)17-29)36-21-44-37(48-36)24-50(25-43(2)15-16-43)38(52)23-47-42(54)56-4/h5-12,17-18,21-22,33-34,39H,1,13-16,19-20,23-25H2,2-4H3,(H,44,48)(H,45,49)(H,46,53)(H,47,54)/t33-,34+,39-/m0/s1. The maximum absolute atomic E-state index is 13.0. The third kappa shape index (κ3) is 7.71. The van der Waals surface area contributed by atoms with Crippen molar-refractivity contribution < 1.29 is 23.9 Å². The molecule has 13 nitrogen and oxygen atoms in total. The van der Waals surface area contributed by atoms with Gasteiger partial charge in [0.2, 0.25) is 5.91 Å². The highest BCUT2D eigenvalue weighted by Crippen LogP contribution is 2.51. The number of methoxy groups -OCH3 is 2. The van der Waals surface area contributed by atoms with Crippen LogP contribution >= 0.6 is 0 Å². The van der Waals surface area contributed by atoms with Crippen LogP contribution in [0.2, 0.25) is 0 Å². The number of amides is 3. The van der Waals surface area contributed by atoms with E-state index in [2.05, 4.69) is 109 Å². The van der Waals surface area contributed by atoms with E-state index in [-0.39, 0.29) is 23.9 Å². The van der Waals surface area contributed by atoms with E-state index in [1.54, 1.807) is 11.1 Å². The fourth-order valence-electron chi connectivity index (χ4n) is 8.37. The predicted octanol–water partition coefficient (Wildman–Crippen LogP) is 7.17. The van der Waals surface area contributed by atoms with Crippen LogP contribution in [-0.2, 0) is 20.8 Å². The van der Waals surface area contributed by atoms with Crippen molar-refractivity contribution >= 4 is 28.9 Å². The van der Waals surface area contributed by atoms with Crippen LogP contribution in [0.4, 0.5) is 9.59 Å². The average molecular weight is 757 g/mol. The van der Waals surface area contributed by atoms with Crippen LogP contribution < -0.4 is 10.6 Å².